The molecule has 1 amide bonds. The molecule has 28 heavy (non-hydrogen) atoms. The zero-order valence-electron chi connectivity index (χ0n) is 16.2. The van der Waals surface area contributed by atoms with Crippen molar-refractivity contribution < 1.29 is 14.3 Å². The average Bonchev–Trinajstić information content (AvgIpc) is 2.67. The summed E-state index contributed by atoms with van der Waals surface area (Å²) in [5, 5.41) is 8.24. The van der Waals surface area contributed by atoms with Gasteiger partial charge in [0.1, 0.15) is 6.61 Å². The zero-order valence-corrected chi connectivity index (χ0v) is 16.2. The van der Waals surface area contributed by atoms with Gasteiger partial charge in [-0.2, -0.15) is 0 Å². The number of rotatable bonds is 5. The van der Waals surface area contributed by atoms with Gasteiger partial charge >= 0.3 is 0 Å². The Morgan fingerprint density at radius 1 is 1.25 bits per heavy atom. The third-order valence-corrected chi connectivity index (χ3v) is 4.71. The van der Waals surface area contributed by atoms with Gasteiger partial charge < -0.3 is 15.4 Å². The fourth-order valence-electron chi connectivity index (χ4n) is 2.96. The highest BCUT2D eigenvalue weighted by atomic mass is 16.5. The van der Waals surface area contributed by atoms with Gasteiger partial charge in [0, 0.05) is 37.0 Å². The molecule has 0 fully saturated rings. The van der Waals surface area contributed by atoms with Crippen molar-refractivity contribution in [3.8, 4) is 5.88 Å². The van der Waals surface area contributed by atoms with Gasteiger partial charge in [-0.1, -0.05) is 0 Å². The summed E-state index contributed by atoms with van der Waals surface area (Å²) in [5.74, 6) is 0.162. The Bertz CT molecular complexity index is 937. The number of nitrogens with zero attached hydrogens (tertiary/aromatic N) is 4. The zero-order chi connectivity index (χ0) is 20.3. The normalized spacial score (nSPS) is 14.2. The van der Waals surface area contributed by atoms with Crippen molar-refractivity contribution in [3.05, 3.63) is 52.5 Å². The lowest BCUT2D eigenvalue weighted by Crippen LogP contribution is -2.35. The summed E-state index contributed by atoms with van der Waals surface area (Å²) in [6, 6.07) is 5.46. The van der Waals surface area contributed by atoms with E-state index in [9.17, 15) is 9.59 Å². The third kappa shape index (κ3) is 4.33. The van der Waals surface area contributed by atoms with Crippen molar-refractivity contribution >= 4 is 17.4 Å². The van der Waals surface area contributed by atoms with E-state index in [1.54, 1.807) is 24.1 Å². The van der Waals surface area contributed by atoms with E-state index in [1.165, 1.54) is 6.92 Å². The van der Waals surface area contributed by atoms with Crippen LogP contribution in [0.2, 0.25) is 0 Å². The molecule has 0 aliphatic carbocycles. The number of amides is 1. The standard InChI is InChI=1S/C20H23N5O3/c1-12-4-5-16(9-22-12)20(21)17(13(2)26)11-28-19-8-15-6-7-25(14(3)27)10-18(15)23-24-19/h4-5,8-9H,6-7,10-11,21H2,1-3H3/b20-17-. The minimum Gasteiger partial charge on any atom is -0.471 e. The summed E-state index contributed by atoms with van der Waals surface area (Å²) in [5.41, 5.74) is 10.2. The van der Waals surface area contributed by atoms with E-state index >= 15 is 0 Å². The molecule has 8 heteroatoms. The van der Waals surface area contributed by atoms with Crippen LogP contribution in [0.15, 0.2) is 30.0 Å². The van der Waals surface area contributed by atoms with Crippen LogP contribution in [0.25, 0.3) is 5.70 Å². The monoisotopic (exact) mass is 381 g/mol. The number of ether oxygens (including phenoxy) is 1. The van der Waals surface area contributed by atoms with Crippen LogP contribution in [0.1, 0.15) is 36.4 Å². The number of aryl methyl sites for hydroxylation is 1. The smallest absolute Gasteiger partial charge is 0.234 e. The summed E-state index contributed by atoms with van der Waals surface area (Å²) in [6.45, 7) is 5.94. The van der Waals surface area contributed by atoms with E-state index in [4.69, 9.17) is 10.5 Å². The van der Waals surface area contributed by atoms with Crippen LogP contribution < -0.4 is 10.5 Å². The van der Waals surface area contributed by atoms with E-state index in [0.29, 0.717) is 42.2 Å². The number of Topliss-reactive ketones (excluding diaryl/α,β-unsaturated/α-hetero) is 1. The van der Waals surface area contributed by atoms with Gasteiger partial charge in [-0.05, 0) is 38.0 Å². The van der Waals surface area contributed by atoms with Crippen LogP contribution in [0.5, 0.6) is 5.88 Å². The first-order valence-corrected chi connectivity index (χ1v) is 9.01. The minimum absolute atomic E-state index is 0.0118. The maximum atomic E-state index is 12.1. The van der Waals surface area contributed by atoms with Gasteiger partial charge in [0.15, 0.2) is 5.78 Å². The summed E-state index contributed by atoms with van der Waals surface area (Å²) < 4.78 is 5.70. The highest BCUT2D eigenvalue weighted by Crippen LogP contribution is 2.21. The Hall–Kier alpha value is -3.29. The lowest BCUT2D eigenvalue weighted by Gasteiger charge is -2.26. The van der Waals surface area contributed by atoms with E-state index in [1.807, 2.05) is 19.1 Å². The molecule has 8 nitrogen and oxygen atoms in total. The van der Waals surface area contributed by atoms with Crippen molar-refractivity contribution in [2.24, 2.45) is 5.73 Å². The van der Waals surface area contributed by atoms with Gasteiger partial charge in [-0.3, -0.25) is 14.6 Å². The Kier molecular flexibility index (Phi) is 5.67. The van der Waals surface area contributed by atoms with Gasteiger partial charge in [0.25, 0.3) is 0 Å². The molecule has 0 saturated heterocycles. The molecule has 1 aliphatic rings. The molecule has 2 N–H and O–H groups in total. The number of hydrogen-bond donors (Lipinski definition) is 1. The molecule has 0 unspecified atom stereocenters. The predicted molar refractivity (Wildman–Crippen MR) is 103 cm³/mol. The summed E-state index contributed by atoms with van der Waals surface area (Å²) in [4.78, 5) is 29.5. The Morgan fingerprint density at radius 2 is 2.04 bits per heavy atom. The van der Waals surface area contributed by atoms with Crippen LogP contribution in [0, 0.1) is 6.92 Å². The van der Waals surface area contributed by atoms with Gasteiger partial charge in [-0.15, -0.1) is 10.2 Å². The lowest BCUT2D eigenvalue weighted by molar-refractivity contribution is -0.129. The molecule has 2 aromatic rings. The number of aromatic nitrogens is 3. The fraction of sp³-hybridized carbons (Fsp3) is 0.350. The van der Waals surface area contributed by atoms with Gasteiger partial charge in [-0.25, -0.2) is 0 Å². The average molecular weight is 381 g/mol. The van der Waals surface area contributed by atoms with Crippen molar-refractivity contribution in [1.29, 1.82) is 0 Å². The highest BCUT2D eigenvalue weighted by Gasteiger charge is 2.21. The summed E-state index contributed by atoms with van der Waals surface area (Å²) in [7, 11) is 0. The van der Waals surface area contributed by atoms with E-state index < -0.39 is 0 Å². The van der Waals surface area contributed by atoms with Crippen LogP contribution in [-0.4, -0.2) is 44.9 Å². The largest absolute Gasteiger partial charge is 0.471 e. The Labute approximate surface area is 163 Å². The molecule has 0 aromatic carbocycles. The SMILES string of the molecule is CC(=O)/C(COc1cc2c(nn1)CN(C(C)=O)CC2)=C(\N)c1ccc(C)nc1. The van der Waals surface area contributed by atoms with Gasteiger partial charge in [0.05, 0.1) is 23.5 Å². The fourth-order valence-corrected chi connectivity index (χ4v) is 2.96. The second kappa shape index (κ2) is 8.16. The topological polar surface area (TPSA) is 111 Å². The molecule has 146 valence electrons. The van der Waals surface area contributed by atoms with E-state index in [0.717, 1.165) is 17.0 Å². The van der Waals surface area contributed by atoms with Crippen LogP contribution in [-0.2, 0) is 22.6 Å². The Morgan fingerprint density at radius 3 is 2.68 bits per heavy atom. The van der Waals surface area contributed by atoms with Crippen LogP contribution in [0.3, 0.4) is 0 Å². The first-order valence-electron chi connectivity index (χ1n) is 9.01. The molecule has 0 saturated carbocycles. The maximum absolute atomic E-state index is 12.1. The first kappa shape index (κ1) is 19.5. The molecule has 0 spiro atoms. The number of ketones is 1. The summed E-state index contributed by atoms with van der Waals surface area (Å²) in [6.07, 6.45) is 2.32. The molecule has 0 atom stereocenters. The molecule has 0 radical (unpaired) electrons. The number of pyridine rings is 1. The molecule has 1 aliphatic heterocycles. The number of fused-ring (bicyclic) bond motifs is 1. The number of carbonyl (C=O) groups is 2. The second-order valence-electron chi connectivity index (χ2n) is 6.77. The minimum atomic E-state index is -0.180. The highest BCUT2D eigenvalue weighted by molar-refractivity contribution is 6.00. The van der Waals surface area contributed by atoms with Crippen LogP contribution in [0.4, 0.5) is 0 Å². The number of hydrogen-bond acceptors (Lipinski definition) is 7. The molecule has 3 heterocycles. The molecular formula is C20H23N5O3. The third-order valence-electron chi connectivity index (χ3n) is 4.71. The quantitative estimate of drug-likeness (QED) is 0.780. The molecule has 0 bridgehead atoms. The lowest BCUT2D eigenvalue weighted by atomic mass is 10.1. The second-order valence-corrected chi connectivity index (χ2v) is 6.77. The first-order chi connectivity index (χ1) is 13.3. The van der Waals surface area contributed by atoms with E-state index in [2.05, 4.69) is 15.2 Å². The van der Waals surface area contributed by atoms with Crippen LogP contribution >= 0.6 is 0 Å². The number of carbonyl (C=O) groups excluding carboxylic acids is 2. The maximum Gasteiger partial charge on any atom is 0.234 e. The molecule has 3 rings (SSSR count). The van der Waals surface area contributed by atoms with Crippen molar-refractivity contribution in [3.63, 3.8) is 0 Å². The van der Waals surface area contributed by atoms with Crippen molar-refractivity contribution in [1.82, 2.24) is 20.1 Å². The van der Waals surface area contributed by atoms with Gasteiger partial charge in [0.2, 0.25) is 11.8 Å². The van der Waals surface area contributed by atoms with Crippen molar-refractivity contribution in [2.75, 3.05) is 13.2 Å². The van der Waals surface area contributed by atoms with E-state index in [-0.39, 0.29) is 18.3 Å². The summed E-state index contributed by atoms with van der Waals surface area (Å²) >= 11 is 0. The molecule has 2 aromatic heterocycles. The predicted octanol–water partition coefficient (Wildman–Crippen LogP) is 1.42. The Balaban J connectivity index is 1.76. The number of nitrogens with two attached hydrogens (primary N) is 1. The van der Waals surface area contributed by atoms with Crippen molar-refractivity contribution in [2.45, 2.75) is 33.7 Å². The molecular weight excluding hydrogens is 358 g/mol.